The number of carbonyl (C=O) groups is 1. The molecule has 0 heterocycles. The van der Waals surface area contributed by atoms with Crippen molar-refractivity contribution in [2.24, 2.45) is 11.1 Å². The highest BCUT2D eigenvalue weighted by Gasteiger charge is 2.28. The molecule has 0 aromatic heterocycles. The molecule has 17 heavy (non-hydrogen) atoms. The summed E-state index contributed by atoms with van der Waals surface area (Å²) in [5.74, 6) is -0.103. The molecule has 1 aromatic carbocycles. The lowest BCUT2D eigenvalue weighted by molar-refractivity contribution is -0.125. The first-order valence-electron chi connectivity index (χ1n) is 5.93. The molecule has 0 bridgehead atoms. The fraction of sp³-hybridized carbons (Fsp3) is 0.500. The van der Waals surface area contributed by atoms with Crippen LogP contribution in [0.4, 0.5) is 0 Å². The van der Waals surface area contributed by atoms with E-state index in [1.165, 1.54) is 0 Å². The minimum Gasteiger partial charge on any atom is -0.348 e. The van der Waals surface area contributed by atoms with Crippen molar-refractivity contribution in [2.45, 2.75) is 39.8 Å². The predicted octanol–water partition coefficient (Wildman–Crippen LogP) is 2.24. The van der Waals surface area contributed by atoms with E-state index in [4.69, 9.17) is 5.73 Å². The minimum absolute atomic E-state index is 0.0166. The number of hydrogen-bond acceptors (Lipinski definition) is 2. The number of rotatable bonds is 3. The SMILES string of the molecule is C[C@@H](NC(=O)[C@@H](N)C(C)(C)C)c1ccccc1. The largest absolute Gasteiger partial charge is 0.348 e. The molecule has 0 saturated heterocycles. The molecule has 3 nitrogen and oxygen atoms in total. The van der Waals surface area contributed by atoms with Gasteiger partial charge in [0.05, 0.1) is 12.1 Å². The summed E-state index contributed by atoms with van der Waals surface area (Å²) in [7, 11) is 0. The highest BCUT2D eigenvalue weighted by atomic mass is 16.2. The van der Waals surface area contributed by atoms with Gasteiger partial charge >= 0.3 is 0 Å². The van der Waals surface area contributed by atoms with E-state index in [1.54, 1.807) is 0 Å². The average molecular weight is 234 g/mol. The van der Waals surface area contributed by atoms with E-state index in [0.29, 0.717) is 0 Å². The predicted molar refractivity (Wildman–Crippen MR) is 70.4 cm³/mol. The van der Waals surface area contributed by atoms with Gasteiger partial charge in [0.2, 0.25) is 5.91 Å². The molecular weight excluding hydrogens is 212 g/mol. The van der Waals surface area contributed by atoms with Crippen LogP contribution in [0.25, 0.3) is 0 Å². The van der Waals surface area contributed by atoms with Gasteiger partial charge in [-0.15, -0.1) is 0 Å². The monoisotopic (exact) mass is 234 g/mol. The Morgan fingerprint density at radius 1 is 1.24 bits per heavy atom. The fourth-order valence-corrected chi connectivity index (χ4v) is 1.52. The van der Waals surface area contributed by atoms with Crippen LogP contribution in [0, 0.1) is 5.41 Å². The van der Waals surface area contributed by atoms with Gasteiger partial charge in [0.25, 0.3) is 0 Å². The Morgan fingerprint density at radius 3 is 2.24 bits per heavy atom. The first-order valence-corrected chi connectivity index (χ1v) is 5.93. The zero-order chi connectivity index (χ0) is 13.1. The Hall–Kier alpha value is -1.35. The Balaban J connectivity index is 2.64. The van der Waals surface area contributed by atoms with Crippen LogP contribution < -0.4 is 11.1 Å². The van der Waals surface area contributed by atoms with Crippen LogP contribution >= 0.6 is 0 Å². The standard InChI is InChI=1S/C14H22N2O/c1-10(11-8-6-5-7-9-11)16-13(17)12(15)14(2,3)4/h5-10,12H,15H2,1-4H3,(H,16,17)/t10-,12-/m1/s1. The summed E-state index contributed by atoms with van der Waals surface area (Å²) >= 11 is 0. The third kappa shape index (κ3) is 3.86. The van der Waals surface area contributed by atoms with Crippen molar-refractivity contribution in [3.63, 3.8) is 0 Å². The molecule has 0 aliphatic rings. The summed E-state index contributed by atoms with van der Waals surface area (Å²) in [6.07, 6.45) is 0. The Bertz CT molecular complexity index is 368. The van der Waals surface area contributed by atoms with E-state index < -0.39 is 6.04 Å². The smallest absolute Gasteiger partial charge is 0.237 e. The molecule has 0 unspecified atom stereocenters. The minimum atomic E-state index is -0.492. The third-order valence-corrected chi connectivity index (χ3v) is 2.87. The maximum Gasteiger partial charge on any atom is 0.237 e. The number of nitrogens with two attached hydrogens (primary N) is 1. The molecule has 1 rings (SSSR count). The molecule has 1 aromatic rings. The van der Waals surface area contributed by atoms with E-state index in [2.05, 4.69) is 5.32 Å². The zero-order valence-electron chi connectivity index (χ0n) is 11.0. The van der Waals surface area contributed by atoms with Crippen molar-refractivity contribution in [3.05, 3.63) is 35.9 Å². The lowest BCUT2D eigenvalue weighted by Crippen LogP contribution is -2.49. The first kappa shape index (κ1) is 13.7. The molecule has 2 atom stereocenters. The number of amides is 1. The second-order valence-corrected chi connectivity index (χ2v) is 5.48. The molecule has 0 radical (unpaired) electrons. The van der Waals surface area contributed by atoms with E-state index in [1.807, 2.05) is 58.0 Å². The summed E-state index contributed by atoms with van der Waals surface area (Å²) in [6.45, 7) is 7.85. The molecule has 94 valence electrons. The average Bonchev–Trinajstić information content (AvgIpc) is 2.27. The number of hydrogen-bond donors (Lipinski definition) is 2. The van der Waals surface area contributed by atoms with Gasteiger partial charge in [0.15, 0.2) is 0 Å². The van der Waals surface area contributed by atoms with Crippen LogP contribution in [0.3, 0.4) is 0 Å². The highest BCUT2D eigenvalue weighted by molar-refractivity contribution is 5.82. The normalized spacial score (nSPS) is 15.1. The Kier molecular flexibility index (Phi) is 4.29. The van der Waals surface area contributed by atoms with E-state index in [0.717, 1.165) is 5.56 Å². The second kappa shape index (κ2) is 5.32. The van der Waals surface area contributed by atoms with Crippen LogP contribution in [-0.4, -0.2) is 11.9 Å². The van der Waals surface area contributed by atoms with Crippen LogP contribution in [0.15, 0.2) is 30.3 Å². The fourth-order valence-electron chi connectivity index (χ4n) is 1.52. The van der Waals surface area contributed by atoms with Gasteiger partial charge in [0.1, 0.15) is 0 Å². The number of benzene rings is 1. The molecular formula is C14H22N2O. The van der Waals surface area contributed by atoms with Gasteiger partial charge in [-0.05, 0) is 17.9 Å². The van der Waals surface area contributed by atoms with Gasteiger partial charge in [-0.25, -0.2) is 0 Å². The van der Waals surface area contributed by atoms with Gasteiger partial charge < -0.3 is 11.1 Å². The summed E-state index contributed by atoms with van der Waals surface area (Å²) in [5.41, 5.74) is 6.77. The molecule has 0 spiro atoms. The molecule has 3 N–H and O–H groups in total. The third-order valence-electron chi connectivity index (χ3n) is 2.87. The van der Waals surface area contributed by atoms with E-state index in [9.17, 15) is 4.79 Å². The maximum atomic E-state index is 11.9. The van der Waals surface area contributed by atoms with Crippen LogP contribution in [0.1, 0.15) is 39.3 Å². The Labute approximate surface area is 103 Å². The van der Waals surface area contributed by atoms with Crippen molar-refractivity contribution in [3.8, 4) is 0 Å². The zero-order valence-corrected chi connectivity index (χ0v) is 11.0. The van der Waals surface area contributed by atoms with Crippen LogP contribution in [0.2, 0.25) is 0 Å². The van der Waals surface area contributed by atoms with Gasteiger partial charge in [-0.3, -0.25) is 4.79 Å². The molecule has 0 fully saturated rings. The molecule has 0 aliphatic heterocycles. The van der Waals surface area contributed by atoms with Crippen molar-refractivity contribution >= 4 is 5.91 Å². The van der Waals surface area contributed by atoms with Crippen molar-refractivity contribution in [1.82, 2.24) is 5.32 Å². The summed E-state index contributed by atoms with van der Waals surface area (Å²) in [5, 5.41) is 2.94. The maximum absolute atomic E-state index is 11.9. The summed E-state index contributed by atoms with van der Waals surface area (Å²) in [4.78, 5) is 11.9. The van der Waals surface area contributed by atoms with Crippen molar-refractivity contribution in [2.75, 3.05) is 0 Å². The highest BCUT2D eigenvalue weighted by Crippen LogP contribution is 2.19. The van der Waals surface area contributed by atoms with E-state index >= 15 is 0 Å². The second-order valence-electron chi connectivity index (χ2n) is 5.48. The lowest BCUT2D eigenvalue weighted by atomic mass is 9.86. The summed E-state index contributed by atoms with van der Waals surface area (Å²) < 4.78 is 0. The Morgan fingerprint density at radius 2 is 1.76 bits per heavy atom. The summed E-state index contributed by atoms with van der Waals surface area (Å²) in [6, 6.07) is 9.36. The molecule has 3 heteroatoms. The first-order chi connectivity index (χ1) is 7.82. The topological polar surface area (TPSA) is 55.1 Å². The lowest BCUT2D eigenvalue weighted by Gasteiger charge is -2.27. The number of carbonyl (C=O) groups excluding carboxylic acids is 1. The van der Waals surface area contributed by atoms with Gasteiger partial charge in [-0.2, -0.15) is 0 Å². The molecule has 0 aliphatic carbocycles. The van der Waals surface area contributed by atoms with Gasteiger partial charge in [0, 0.05) is 0 Å². The quantitative estimate of drug-likeness (QED) is 0.842. The van der Waals surface area contributed by atoms with Crippen LogP contribution in [-0.2, 0) is 4.79 Å². The number of nitrogens with one attached hydrogen (secondary N) is 1. The van der Waals surface area contributed by atoms with Gasteiger partial charge in [-0.1, -0.05) is 51.1 Å². The van der Waals surface area contributed by atoms with E-state index in [-0.39, 0.29) is 17.4 Å². The van der Waals surface area contributed by atoms with Crippen molar-refractivity contribution in [1.29, 1.82) is 0 Å². The molecule has 1 amide bonds. The van der Waals surface area contributed by atoms with Crippen LogP contribution in [0.5, 0.6) is 0 Å². The molecule has 0 saturated carbocycles. The van der Waals surface area contributed by atoms with Crippen molar-refractivity contribution < 1.29 is 4.79 Å².